The van der Waals surface area contributed by atoms with Crippen molar-refractivity contribution in [2.75, 3.05) is 13.1 Å². The van der Waals surface area contributed by atoms with Crippen LogP contribution in [0.5, 0.6) is 0 Å². The molecule has 1 aromatic carbocycles. The van der Waals surface area contributed by atoms with Crippen LogP contribution in [-0.4, -0.2) is 76.3 Å². The molecule has 4 N–H and O–H groups in total. The Morgan fingerprint density at radius 3 is 2.37 bits per heavy atom. The molecule has 4 rings (SSSR count). The lowest BCUT2D eigenvalue weighted by Crippen LogP contribution is -2.53. The number of alkyl carbamates (subject to hydrolysis) is 1. The van der Waals surface area contributed by atoms with E-state index in [-0.39, 0.29) is 29.6 Å². The van der Waals surface area contributed by atoms with E-state index in [0.717, 1.165) is 37.7 Å². The van der Waals surface area contributed by atoms with Gasteiger partial charge in [-0.15, -0.1) is 0 Å². The molecule has 1 saturated carbocycles. The first-order chi connectivity index (χ1) is 21.9. The van der Waals surface area contributed by atoms with Crippen molar-refractivity contribution in [3.63, 3.8) is 0 Å². The number of likely N-dealkylation sites (tertiary alicyclic amines) is 2. The fourth-order valence-electron chi connectivity index (χ4n) is 6.42. The summed E-state index contributed by atoms with van der Waals surface area (Å²) in [4.78, 5) is 67.0. The van der Waals surface area contributed by atoms with Crippen LogP contribution in [0.3, 0.4) is 0 Å². The van der Waals surface area contributed by atoms with Crippen LogP contribution < -0.4 is 16.4 Å². The van der Waals surface area contributed by atoms with Gasteiger partial charge in [-0.3, -0.25) is 19.2 Å². The highest BCUT2D eigenvalue weighted by Gasteiger charge is 2.46. The van der Waals surface area contributed by atoms with Crippen molar-refractivity contribution < 1.29 is 28.7 Å². The molecule has 252 valence electrons. The molecule has 11 nitrogen and oxygen atoms in total. The zero-order valence-electron chi connectivity index (χ0n) is 27.5. The van der Waals surface area contributed by atoms with Gasteiger partial charge in [-0.05, 0) is 83.6 Å². The Hall–Kier alpha value is -3.89. The highest BCUT2D eigenvalue weighted by Crippen LogP contribution is 2.42. The number of hydrogen-bond acceptors (Lipinski definition) is 6. The first-order valence-corrected chi connectivity index (χ1v) is 16.8. The summed E-state index contributed by atoms with van der Waals surface area (Å²) in [5, 5.41) is 5.71. The molecule has 3 aliphatic rings. The van der Waals surface area contributed by atoms with Crippen molar-refractivity contribution in [2.45, 2.75) is 115 Å². The third-order valence-corrected chi connectivity index (χ3v) is 8.91. The topological polar surface area (TPSA) is 151 Å². The van der Waals surface area contributed by atoms with Gasteiger partial charge in [0.2, 0.25) is 23.6 Å². The van der Waals surface area contributed by atoms with Crippen molar-refractivity contribution in [1.29, 1.82) is 0 Å². The van der Waals surface area contributed by atoms with Crippen LogP contribution in [0.15, 0.2) is 42.5 Å². The molecule has 2 saturated heterocycles. The van der Waals surface area contributed by atoms with E-state index in [1.807, 2.05) is 30.3 Å². The van der Waals surface area contributed by atoms with Gasteiger partial charge in [-0.2, -0.15) is 0 Å². The zero-order valence-corrected chi connectivity index (χ0v) is 27.5. The molecule has 0 aromatic heterocycles. The molecule has 1 aliphatic carbocycles. The maximum Gasteiger partial charge on any atom is 0.408 e. The normalized spacial score (nSPS) is 23.3. The summed E-state index contributed by atoms with van der Waals surface area (Å²) < 4.78 is 5.38. The van der Waals surface area contributed by atoms with E-state index in [1.165, 1.54) is 4.90 Å². The van der Waals surface area contributed by atoms with Gasteiger partial charge in [0.05, 0.1) is 0 Å². The second kappa shape index (κ2) is 16.1. The number of nitrogens with two attached hydrogens (primary N) is 1. The van der Waals surface area contributed by atoms with E-state index >= 15 is 0 Å². The number of carbonyl (C=O) groups excluding carboxylic acids is 5. The van der Waals surface area contributed by atoms with Crippen molar-refractivity contribution in [2.24, 2.45) is 17.6 Å². The van der Waals surface area contributed by atoms with E-state index in [1.54, 1.807) is 25.7 Å². The molecule has 1 aromatic rings. The van der Waals surface area contributed by atoms with Crippen LogP contribution >= 0.6 is 0 Å². The summed E-state index contributed by atoms with van der Waals surface area (Å²) in [6, 6.07) is 7.93. The third-order valence-electron chi connectivity index (χ3n) is 8.91. The van der Waals surface area contributed by atoms with Crippen molar-refractivity contribution in [3.8, 4) is 0 Å². The molecule has 2 aliphatic heterocycles. The van der Waals surface area contributed by atoms with Crippen LogP contribution in [-0.2, 0) is 30.5 Å². The number of nitrogens with zero attached hydrogens (tertiary/aromatic N) is 2. The zero-order chi connectivity index (χ0) is 33.3. The van der Waals surface area contributed by atoms with E-state index in [0.29, 0.717) is 51.7 Å². The number of unbranched alkanes of at least 4 members (excludes halogenated alkanes) is 3. The molecule has 5 atom stereocenters. The number of ether oxygens (including phenoxy) is 1. The fourth-order valence-corrected chi connectivity index (χ4v) is 6.42. The average Bonchev–Trinajstić information content (AvgIpc) is 3.37. The minimum absolute atomic E-state index is 0.0562. The standard InChI is InChI=1S/C35H51N5O6/c1-35(2,3)46-34(45)38-27(33(44)39-20-12-18-28(39)30(36)41)17-11-6-4-5-10-16-25-22-26(25)32(43)40-21-13-19-29(40)31(42)37-23-24-14-8-7-9-15-24/h7-10,14-16,25-29H,4-6,11-13,17-23H2,1-3H3,(H2,36,41)(H,37,42)(H,38,45)/b16-10-/t25-,26+,27?,28+,29-/m1/s1. The van der Waals surface area contributed by atoms with Gasteiger partial charge in [0, 0.05) is 25.6 Å². The molecule has 0 bridgehead atoms. The number of hydrogen-bond donors (Lipinski definition) is 3. The van der Waals surface area contributed by atoms with E-state index in [9.17, 15) is 24.0 Å². The smallest absolute Gasteiger partial charge is 0.408 e. The molecular weight excluding hydrogens is 586 g/mol. The van der Waals surface area contributed by atoms with Crippen molar-refractivity contribution in [1.82, 2.24) is 20.4 Å². The lowest BCUT2D eigenvalue weighted by molar-refractivity contribution is -0.139. The number of rotatable bonds is 14. The molecule has 1 unspecified atom stereocenters. The van der Waals surface area contributed by atoms with Crippen LogP contribution in [0.4, 0.5) is 4.79 Å². The van der Waals surface area contributed by atoms with Gasteiger partial charge in [0.25, 0.3) is 0 Å². The summed E-state index contributed by atoms with van der Waals surface area (Å²) >= 11 is 0. The molecular formula is C35H51N5O6. The predicted octanol–water partition coefficient (Wildman–Crippen LogP) is 3.81. The number of benzene rings is 1. The second-order valence-electron chi connectivity index (χ2n) is 13.8. The minimum Gasteiger partial charge on any atom is -0.444 e. The van der Waals surface area contributed by atoms with Crippen molar-refractivity contribution >= 4 is 29.7 Å². The number of allylic oxidation sites excluding steroid dienone is 2. The quantitative estimate of drug-likeness (QED) is 0.209. The Morgan fingerprint density at radius 2 is 1.67 bits per heavy atom. The predicted molar refractivity (Wildman–Crippen MR) is 174 cm³/mol. The number of amides is 5. The number of carbonyl (C=O) groups is 5. The second-order valence-corrected chi connectivity index (χ2v) is 13.8. The van der Waals surface area contributed by atoms with Crippen LogP contribution in [0.2, 0.25) is 0 Å². The third kappa shape index (κ3) is 10.1. The number of primary amides is 1. The average molecular weight is 638 g/mol. The summed E-state index contributed by atoms with van der Waals surface area (Å²) in [5.74, 6) is -0.681. The van der Waals surface area contributed by atoms with E-state index in [4.69, 9.17) is 10.5 Å². The summed E-state index contributed by atoms with van der Waals surface area (Å²) in [7, 11) is 0. The molecule has 0 spiro atoms. The monoisotopic (exact) mass is 637 g/mol. The SMILES string of the molecule is CC(C)(C)OC(=O)NC(CCCCC/C=C\[C@@H]1C[C@@H]1C(=O)N1CCC[C@@H]1C(=O)NCc1ccccc1)C(=O)N1CCC[C@H]1C(N)=O. The Labute approximate surface area is 272 Å². The Balaban J connectivity index is 1.18. The van der Waals surface area contributed by atoms with Gasteiger partial charge in [-0.25, -0.2) is 4.79 Å². The Kier molecular flexibility index (Phi) is 12.2. The summed E-state index contributed by atoms with van der Waals surface area (Å²) in [6.07, 6.45) is 10.9. The van der Waals surface area contributed by atoms with Gasteiger partial charge in [0.15, 0.2) is 0 Å². The van der Waals surface area contributed by atoms with E-state index in [2.05, 4.69) is 22.8 Å². The van der Waals surface area contributed by atoms with Crippen LogP contribution in [0.1, 0.15) is 90.5 Å². The van der Waals surface area contributed by atoms with Crippen LogP contribution in [0.25, 0.3) is 0 Å². The number of nitrogens with one attached hydrogen (secondary N) is 2. The first kappa shape index (κ1) is 35.0. The maximum absolute atomic E-state index is 13.3. The summed E-state index contributed by atoms with van der Waals surface area (Å²) in [6.45, 7) is 6.80. The van der Waals surface area contributed by atoms with Gasteiger partial charge in [-0.1, -0.05) is 55.3 Å². The van der Waals surface area contributed by atoms with Crippen molar-refractivity contribution in [3.05, 3.63) is 48.0 Å². The maximum atomic E-state index is 13.3. The van der Waals surface area contributed by atoms with Gasteiger partial charge < -0.3 is 30.9 Å². The minimum atomic E-state index is -0.793. The molecule has 3 fully saturated rings. The fraction of sp³-hybridized carbons (Fsp3) is 0.629. The highest BCUT2D eigenvalue weighted by atomic mass is 16.6. The molecule has 11 heteroatoms. The van der Waals surface area contributed by atoms with Gasteiger partial charge in [0.1, 0.15) is 23.7 Å². The van der Waals surface area contributed by atoms with Gasteiger partial charge >= 0.3 is 6.09 Å². The lowest BCUT2D eigenvalue weighted by Gasteiger charge is -2.28. The Bertz CT molecular complexity index is 1260. The molecule has 0 radical (unpaired) electrons. The lowest BCUT2D eigenvalue weighted by atomic mass is 10.0. The van der Waals surface area contributed by atoms with Crippen LogP contribution in [0, 0.1) is 11.8 Å². The highest BCUT2D eigenvalue weighted by molar-refractivity contribution is 5.91. The largest absolute Gasteiger partial charge is 0.444 e. The van der Waals surface area contributed by atoms with E-state index < -0.39 is 35.7 Å². The molecule has 2 heterocycles. The Morgan fingerprint density at radius 1 is 0.978 bits per heavy atom. The first-order valence-electron chi connectivity index (χ1n) is 16.8. The molecule has 5 amide bonds. The molecule has 46 heavy (non-hydrogen) atoms. The summed E-state index contributed by atoms with van der Waals surface area (Å²) in [5.41, 5.74) is 5.85.